The summed E-state index contributed by atoms with van der Waals surface area (Å²) < 4.78 is 1.48. The molecule has 0 radical (unpaired) electrons. The summed E-state index contributed by atoms with van der Waals surface area (Å²) >= 11 is 0. The highest BCUT2D eigenvalue weighted by molar-refractivity contribution is 5.80. The maximum Gasteiger partial charge on any atom is 0.494 e. The first-order valence-electron chi connectivity index (χ1n) is 6.72. The molecule has 0 saturated carbocycles. The maximum atomic E-state index is 11.8. The molecule has 0 aliphatic carbocycles. The van der Waals surface area contributed by atoms with Crippen molar-refractivity contribution in [2.75, 3.05) is 0 Å². The fraction of sp³-hybridized carbons (Fsp3) is 0. The summed E-state index contributed by atoms with van der Waals surface area (Å²) in [6.07, 6.45) is 1.69. The minimum atomic E-state index is -0.494. The Hall–Kier alpha value is -2.94. The topological polar surface area (TPSA) is 47.0 Å². The molecule has 1 heterocycles. The summed E-state index contributed by atoms with van der Waals surface area (Å²) in [5, 5.41) is 0. The molecule has 0 unspecified atom stereocenters. The number of amides is 1. The normalized spacial score (nSPS) is 10.3. The number of carbonyl (C=O) groups is 1. The molecule has 0 spiro atoms. The van der Waals surface area contributed by atoms with Gasteiger partial charge >= 0.3 is 6.03 Å². The zero-order chi connectivity index (χ0) is 14.7. The molecule has 1 aromatic heterocycles. The van der Waals surface area contributed by atoms with Crippen LogP contribution in [-0.4, -0.2) is 6.03 Å². The highest BCUT2D eigenvalue weighted by Gasteiger charge is 2.19. The average Bonchev–Trinajstić information content (AvgIpc) is 2.55. The number of carbonyl (C=O) groups excluding carboxylic acids is 1. The van der Waals surface area contributed by atoms with Gasteiger partial charge in [0.2, 0.25) is 0 Å². The van der Waals surface area contributed by atoms with Gasteiger partial charge < -0.3 is 0 Å². The van der Waals surface area contributed by atoms with Crippen molar-refractivity contribution in [1.82, 2.24) is 0 Å². The number of nitrogens with zero attached hydrogens (tertiary/aromatic N) is 1. The van der Waals surface area contributed by atoms with Gasteiger partial charge in [-0.3, -0.25) is 5.73 Å². The summed E-state index contributed by atoms with van der Waals surface area (Å²) in [4.78, 5) is 11.8. The van der Waals surface area contributed by atoms with Gasteiger partial charge in [0.25, 0.3) is 0 Å². The van der Waals surface area contributed by atoms with Crippen molar-refractivity contribution in [1.29, 1.82) is 0 Å². The number of nitrogens with two attached hydrogens (primary N) is 1. The van der Waals surface area contributed by atoms with Crippen LogP contribution in [0.4, 0.5) is 4.79 Å². The molecule has 2 aromatic carbocycles. The Morgan fingerprint density at radius 1 is 0.762 bits per heavy atom. The Bertz CT molecular complexity index is 768. The lowest BCUT2D eigenvalue weighted by molar-refractivity contribution is -0.557. The molecule has 0 atom stereocenters. The van der Waals surface area contributed by atoms with Gasteiger partial charge in [-0.05, 0) is 17.7 Å². The molecule has 1 amide bonds. The van der Waals surface area contributed by atoms with Crippen molar-refractivity contribution in [2.24, 2.45) is 5.73 Å². The van der Waals surface area contributed by atoms with E-state index in [-0.39, 0.29) is 0 Å². The summed E-state index contributed by atoms with van der Waals surface area (Å²) in [6.45, 7) is 0. The minimum Gasteiger partial charge on any atom is -0.250 e. The zero-order valence-electron chi connectivity index (χ0n) is 11.4. The van der Waals surface area contributed by atoms with Crippen LogP contribution in [0.15, 0.2) is 79.0 Å². The number of aromatic nitrogens is 1. The Morgan fingerprint density at radius 3 is 1.90 bits per heavy atom. The van der Waals surface area contributed by atoms with Gasteiger partial charge in [-0.2, -0.15) is 9.36 Å². The van der Waals surface area contributed by atoms with Gasteiger partial charge in [0.05, 0.1) is 0 Å². The molecule has 0 saturated heterocycles. The van der Waals surface area contributed by atoms with E-state index >= 15 is 0 Å². The number of primary amides is 1. The second kappa shape index (κ2) is 5.59. The number of benzene rings is 2. The lowest BCUT2D eigenvalue weighted by atomic mass is 9.99. The molecule has 0 bridgehead atoms. The van der Waals surface area contributed by atoms with Crippen LogP contribution in [0.2, 0.25) is 0 Å². The van der Waals surface area contributed by atoms with E-state index in [4.69, 9.17) is 5.73 Å². The van der Waals surface area contributed by atoms with Gasteiger partial charge in [-0.1, -0.05) is 60.7 Å². The number of hydrogen-bond acceptors (Lipinski definition) is 1. The first-order valence-corrected chi connectivity index (χ1v) is 6.72. The molecule has 21 heavy (non-hydrogen) atoms. The summed E-state index contributed by atoms with van der Waals surface area (Å²) in [7, 11) is 0. The molecule has 3 rings (SSSR count). The molecular weight excluding hydrogens is 260 g/mol. The van der Waals surface area contributed by atoms with Crippen LogP contribution in [0.5, 0.6) is 0 Å². The first-order chi connectivity index (χ1) is 10.3. The Balaban J connectivity index is 2.31. The van der Waals surface area contributed by atoms with E-state index in [1.54, 1.807) is 6.20 Å². The van der Waals surface area contributed by atoms with Crippen LogP contribution < -0.4 is 10.3 Å². The highest BCUT2D eigenvalue weighted by Crippen LogP contribution is 2.28. The SMILES string of the molecule is NC(=O)[n+]1cccc(-c2ccccc2)c1-c1ccccc1. The van der Waals surface area contributed by atoms with E-state index < -0.39 is 6.03 Å². The van der Waals surface area contributed by atoms with Crippen molar-refractivity contribution in [2.45, 2.75) is 0 Å². The van der Waals surface area contributed by atoms with E-state index in [2.05, 4.69) is 0 Å². The van der Waals surface area contributed by atoms with Gasteiger partial charge in [0, 0.05) is 11.1 Å². The van der Waals surface area contributed by atoms with Crippen molar-refractivity contribution >= 4 is 6.03 Å². The van der Waals surface area contributed by atoms with Gasteiger partial charge in [-0.25, -0.2) is 0 Å². The molecule has 3 aromatic rings. The molecule has 102 valence electrons. The highest BCUT2D eigenvalue weighted by atomic mass is 16.2. The van der Waals surface area contributed by atoms with E-state index in [1.807, 2.05) is 72.8 Å². The largest absolute Gasteiger partial charge is 0.494 e. The lowest BCUT2D eigenvalue weighted by Gasteiger charge is -2.10. The van der Waals surface area contributed by atoms with E-state index in [9.17, 15) is 4.79 Å². The quantitative estimate of drug-likeness (QED) is 0.717. The van der Waals surface area contributed by atoms with E-state index in [1.165, 1.54) is 4.57 Å². The van der Waals surface area contributed by atoms with Crippen LogP contribution in [-0.2, 0) is 0 Å². The molecule has 2 N–H and O–H groups in total. The van der Waals surface area contributed by atoms with Crippen molar-refractivity contribution in [3.63, 3.8) is 0 Å². The predicted molar refractivity (Wildman–Crippen MR) is 82.5 cm³/mol. The lowest BCUT2D eigenvalue weighted by Crippen LogP contribution is -2.49. The number of rotatable bonds is 2. The molecule has 0 fully saturated rings. The van der Waals surface area contributed by atoms with Crippen LogP contribution >= 0.6 is 0 Å². The monoisotopic (exact) mass is 275 g/mol. The average molecular weight is 275 g/mol. The fourth-order valence-electron chi connectivity index (χ4n) is 2.43. The third-order valence-corrected chi connectivity index (χ3v) is 3.36. The van der Waals surface area contributed by atoms with E-state index in [0.29, 0.717) is 0 Å². The predicted octanol–water partition coefficient (Wildman–Crippen LogP) is 3.23. The van der Waals surface area contributed by atoms with Crippen molar-refractivity contribution in [3.8, 4) is 22.4 Å². The molecule has 0 aliphatic rings. The standard InChI is InChI=1S/C18H14N2O/c19-18(21)20-13-7-12-16(14-8-3-1-4-9-14)17(20)15-10-5-2-6-11-15/h1-13H,(H-,19,21)/p+1. The van der Waals surface area contributed by atoms with Gasteiger partial charge in [0.1, 0.15) is 6.20 Å². The summed E-state index contributed by atoms with van der Waals surface area (Å²) in [5.74, 6) is 0. The third kappa shape index (κ3) is 2.54. The minimum absolute atomic E-state index is 0.494. The summed E-state index contributed by atoms with van der Waals surface area (Å²) in [5.41, 5.74) is 9.30. The zero-order valence-corrected chi connectivity index (χ0v) is 11.4. The van der Waals surface area contributed by atoms with E-state index in [0.717, 1.165) is 22.4 Å². The van der Waals surface area contributed by atoms with Gasteiger partial charge in [0.15, 0.2) is 5.69 Å². The molecule has 3 nitrogen and oxygen atoms in total. The number of pyridine rings is 1. The Labute approximate surface area is 123 Å². The van der Waals surface area contributed by atoms with Crippen molar-refractivity contribution in [3.05, 3.63) is 79.0 Å². The van der Waals surface area contributed by atoms with Crippen LogP contribution in [0, 0.1) is 0 Å². The van der Waals surface area contributed by atoms with Crippen molar-refractivity contribution < 1.29 is 9.36 Å². The third-order valence-electron chi connectivity index (χ3n) is 3.36. The van der Waals surface area contributed by atoms with Crippen LogP contribution in [0.1, 0.15) is 0 Å². The Morgan fingerprint density at radius 2 is 1.33 bits per heavy atom. The second-order valence-corrected chi connectivity index (χ2v) is 4.71. The van der Waals surface area contributed by atoms with Gasteiger partial charge in [-0.15, -0.1) is 0 Å². The summed E-state index contributed by atoms with van der Waals surface area (Å²) in [6, 6.07) is 23.1. The molecule has 3 heteroatoms. The fourth-order valence-corrected chi connectivity index (χ4v) is 2.43. The maximum absolute atomic E-state index is 11.8. The number of hydrogen-bond donors (Lipinski definition) is 1. The second-order valence-electron chi connectivity index (χ2n) is 4.71. The van der Waals surface area contributed by atoms with Crippen LogP contribution in [0.3, 0.4) is 0 Å². The first kappa shape index (κ1) is 13.1. The molecular formula is C18H15N2O+. The van der Waals surface area contributed by atoms with Crippen LogP contribution in [0.25, 0.3) is 22.4 Å². The molecule has 0 aliphatic heterocycles. The smallest absolute Gasteiger partial charge is 0.250 e. The Kier molecular flexibility index (Phi) is 3.48.